The Hall–Kier alpha value is -1.57. The summed E-state index contributed by atoms with van der Waals surface area (Å²) in [6.07, 6.45) is 7.49. The van der Waals surface area contributed by atoms with E-state index in [9.17, 15) is 0 Å². The Bertz CT molecular complexity index is 529. The molecule has 2 nitrogen and oxygen atoms in total. The van der Waals surface area contributed by atoms with Gasteiger partial charge in [0.15, 0.2) is 6.20 Å². The third kappa shape index (κ3) is 1.99. The lowest BCUT2D eigenvalue weighted by Crippen LogP contribution is -2.32. The van der Waals surface area contributed by atoms with Crippen LogP contribution in [0.5, 0.6) is 5.88 Å². The first kappa shape index (κ1) is 10.6. The predicted octanol–water partition coefficient (Wildman–Crippen LogP) is 2.99. The number of hydrogen-bond donors (Lipinski definition) is 0. The lowest BCUT2D eigenvalue weighted by molar-refractivity contribution is -0.676. The van der Waals surface area contributed by atoms with Crippen molar-refractivity contribution in [3.8, 4) is 5.88 Å². The highest BCUT2D eigenvalue weighted by molar-refractivity contribution is 5.85. The molecule has 1 aromatic carbocycles. The number of aromatic nitrogens is 1. The van der Waals surface area contributed by atoms with Gasteiger partial charge in [0.1, 0.15) is 13.2 Å². The van der Waals surface area contributed by atoms with Gasteiger partial charge in [-0.1, -0.05) is 18.2 Å². The van der Waals surface area contributed by atoms with Crippen LogP contribution in [0.1, 0.15) is 25.7 Å². The molecule has 1 aliphatic carbocycles. The van der Waals surface area contributed by atoms with E-state index in [0.29, 0.717) is 6.10 Å². The molecule has 0 radical (unpaired) electrons. The van der Waals surface area contributed by atoms with Crippen LogP contribution < -0.4 is 9.30 Å². The summed E-state index contributed by atoms with van der Waals surface area (Å²) < 4.78 is 8.27. The van der Waals surface area contributed by atoms with Crippen molar-refractivity contribution < 1.29 is 9.30 Å². The summed E-state index contributed by atoms with van der Waals surface area (Å²) >= 11 is 0. The molecule has 2 heteroatoms. The van der Waals surface area contributed by atoms with Gasteiger partial charge in [0.25, 0.3) is 0 Å². The van der Waals surface area contributed by atoms with Crippen molar-refractivity contribution in [2.75, 3.05) is 0 Å². The summed E-state index contributed by atoms with van der Waals surface area (Å²) in [6, 6.07) is 10.6. The monoisotopic (exact) mass is 228 g/mol. The molecule has 0 atom stereocenters. The molecule has 0 saturated heterocycles. The Morgan fingerprint density at radius 3 is 2.71 bits per heavy atom. The van der Waals surface area contributed by atoms with Crippen molar-refractivity contribution in [1.29, 1.82) is 0 Å². The zero-order valence-electron chi connectivity index (χ0n) is 10.2. The Balaban J connectivity index is 2.03. The van der Waals surface area contributed by atoms with Crippen LogP contribution in [0.2, 0.25) is 0 Å². The number of rotatable bonds is 2. The number of hydrogen-bond acceptors (Lipinski definition) is 1. The minimum absolute atomic E-state index is 0.409. The molecule has 1 fully saturated rings. The number of fused-ring (bicyclic) bond motifs is 1. The van der Waals surface area contributed by atoms with Gasteiger partial charge in [0.05, 0.1) is 5.39 Å². The number of pyridine rings is 1. The van der Waals surface area contributed by atoms with Crippen LogP contribution in [0, 0.1) is 0 Å². The highest BCUT2D eigenvalue weighted by Crippen LogP contribution is 2.27. The fourth-order valence-corrected chi connectivity index (χ4v) is 2.60. The minimum Gasteiger partial charge on any atom is -0.441 e. The highest BCUT2D eigenvalue weighted by atomic mass is 16.5. The van der Waals surface area contributed by atoms with Crippen molar-refractivity contribution in [2.45, 2.75) is 31.8 Å². The second-order valence-electron chi connectivity index (χ2n) is 4.84. The van der Waals surface area contributed by atoms with E-state index in [-0.39, 0.29) is 0 Å². The van der Waals surface area contributed by atoms with Crippen LogP contribution in [-0.2, 0) is 7.05 Å². The summed E-state index contributed by atoms with van der Waals surface area (Å²) in [5.74, 6) is 1.01. The molecule has 17 heavy (non-hydrogen) atoms. The second-order valence-corrected chi connectivity index (χ2v) is 4.84. The Morgan fingerprint density at radius 2 is 1.88 bits per heavy atom. The first-order chi connectivity index (χ1) is 8.34. The Kier molecular flexibility index (Phi) is 2.71. The molecule has 0 spiro atoms. The van der Waals surface area contributed by atoms with Crippen LogP contribution >= 0.6 is 0 Å². The fourth-order valence-electron chi connectivity index (χ4n) is 2.60. The molecule has 0 amide bonds. The molecular formula is C15H18NO+. The fraction of sp³-hybridized carbons (Fsp3) is 0.400. The van der Waals surface area contributed by atoms with Gasteiger partial charge in [-0.3, -0.25) is 0 Å². The normalized spacial score (nSPS) is 16.5. The van der Waals surface area contributed by atoms with E-state index in [1.165, 1.54) is 36.5 Å². The van der Waals surface area contributed by atoms with Crippen molar-refractivity contribution >= 4 is 10.8 Å². The molecule has 1 aliphatic rings. The van der Waals surface area contributed by atoms with Crippen LogP contribution in [0.25, 0.3) is 10.8 Å². The van der Waals surface area contributed by atoms with Gasteiger partial charge in [-0.2, -0.15) is 4.57 Å². The maximum atomic E-state index is 6.18. The number of nitrogens with zero attached hydrogens (tertiary/aromatic N) is 1. The van der Waals surface area contributed by atoms with Crippen LogP contribution in [0.15, 0.2) is 36.5 Å². The van der Waals surface area contributed by atoms with Crippen molar-refractivity contribution in [3.05, 3.63) is 36.5 Å². The zero-order valence-corrected chi connectivity index (χ0v) is 10.2. The van der Waals surface area contributed by atoms with Crippen molar-refractivity contribution in [3.63, 3.8) is 0 Å². The predicted molar refractivity (Wildman–Crippen MR) is 68.0 cm³/mol. The molecule has 3 rings (SSSR count). The molecule has 88 valence electrons. The summed E-state index contributed by atoms with van der Waals surface area (Å²) in [7, 11) is 2.05. The van der Waals surface area contributed by atoms with E-state index in [1.807, 2.05) is 0 Å². The van der Waals surface area contributed by atoms with Crippen LogP contribution in [0.3, 0.4) is 0 Å². The topological polar surface area (TPSA) is 13.1 Å². The quantitative estimate of drug-likeness (QED) is 0.720. The first-order valence-corrected chi connectivity index (χ1v) is 6.38. The van der Waals surface area contributed by atoms with Gasteiger partial charge < -0.3 is 4.74 Å². The summed E-state index contributed by atoms with van der Waals surface area (Å²) in [6.45, 7) is 0. The lowest BCUT2D eigenvalue weighted by atomic mass is 10.1. The molecule has 0 unspecified atom stereocenters. The summed E-state index contributed by atoms with van der Waals surface area (Å²) in [5, 5.41) is 2.46. The van der Waals surface area contributed by atoms with Gasteiger partial charge in [0.2, 0.25) is 0 Å². The van der Waals surface area contributed by atoms with E-state index in [4.69, 9.17) is 4.74 Å². The van der Waals surface area contributed by atoms with Gasteiger partial charge in [-0.15, -0.1) is 0 Å². The summed E-state index contributed by atoms with van der Waals surface area (Å²) in [5.41, 5.74) is 0. The molecule has 0 bridgehead atoms. The average molecular weight is 228 g/mol. The highest BCUT2D eigenvalue weighted by Gasteiger charge is 2.22. The summed E-state index contributed by atoms with van der Waals surface area (Å²) in [4.78, 5) is 0. The number of ether oxygens (including phenoxy) is 1. The molecular weight excluding hydrogens is 210 g/mol. The van der Waals surface area contributed by atoms with Gasteiger partial charge >= 0.3 is 5.88 Å². The Morgan fingerprint density at radius 1 is 1.12 bits per heavy atom. The van der Waals surface area contributed by atoms with E-state index in [0.717, 1.165) is 5.88 Å². The van der Waals surface area contributed by atoms with Crippen LogP contribution in [-0.4, -0.2) is 6.10 Å². The SMILES string of the molecule is C[n+]1ccc2ccccc2c1OC1CCCC1. The number of aryl methyl sites for hydroxylation is 1. The van der Waals surface area contributed by atoms with Crippen LogP contribution in [0.4, 0.5) is 0 Å². The minimum atomic E-state index is 0.409. The zero-order chi connectivity index (χ0) is 11.7. The van der Waals surface area contributed by atoms with E-state index < -0.39 is 0 Å². The number of benzene rings is 1. The third-order valence-corrected chi connectivity index (χ3v) is 3.57. The second kappa shape index (κ2) is 4.36. The van der Waals surface area contributed by atoms with E-state index in [1.54, 1.807) is 0 Å². The van der Waals surface area contributed by atoms with Gasteiger partial charge in [0, 0.05) is 6.07 Å². The van der Waals surface area contributed by atoms with Crippen molar-refractivity contribution in [1.82, 2.24) is 0 Å². The molecule has 1 saturated carbocycles. The smallest absolute Gasteiger partial charge is 0.375 e. The molecule has 0 N–H and O–H groups in total. The lowest BCUT2D eigenvalue weighted by Gasteiger charge is -2.12. The standard InChI is InChI=1S/C15H18NO/c1-16-11-10-12-6-2-5-9-14(12)15(16)17-13-7-3-4-8-13/h2,5-6,9-11,13H,3-4,7-8H2,1H3/q+1. The molecule has 1 aromatic heterocycles. The maximum Gasteiger partial charge on any atom is 0.375 e. The van der Waals surface area contributed by atoms with Gasteiger partial charge in [-0.05, 0) is 37.1 Å². The molecule has 2 aromatic rings. The average Bonchev–Trinajstić information content (AvgIpc) is 2.86. The van der Waals surface area contributed by atoms with E-state index in [2.05, 4.69) is 48.1 Å². The largest absolute Gasteiger partial charge is 0.441 e. The van der Waals surface area contributed by atoms with Gasteiger partial charge in [-0.25, -0.2) is 0 Å². The van der Waals surface area contributed by atoms with E-state index >= 15 is 0 Å². The third-order valence-electron chi connectivity index (χ3n) is 3.57. The van der Waals surface area contributed by atoms with Crippen molar-refractivity contribution in [2.24, 2.45) is 7.05 Å². The Labute approximate surface area is 102 Å². The molecule has 0 aliphatic heterocycles. The molecule has 1 heterocycles. The first-order valence-electron chi connectivity index (χ1n) is 6.38. The maximum absolute atomic E-state index is 6.18.